The lowest BCUT2D eigenvalue weighted by Crippen LogP contribution is -2.33. The van der Waals surface area contributed by atoms with E-state index in [1.54, 1.807) is 0 Å². The van der Waals surface area contributed by atoms with Crippen molar-refractivity contribution in [1.29, 1.82) is 0 Å². The Balaban J connectivity index is 1.34. The quantitative estimate of drug-likeness (QED) is 0.107. The van der Waals surface area contributed by atoms with Crippen LogP contribution in [-0.4, -0.2) is 69.1 Å². The minimum Gasteiger partial charge on any atom is -0.492 e. The standard InChI is InChI=1S/C31H30F4N4O5S/c1-38-13-6-9-19(38)16-43-31-36-22-15-39(23-11-5-8-18-7-3-4-10-20(18)23)14-12-21(22)30(37-31)44-17-45(40,41)29-27(35)25(33)24(32)26(34)28(29)42-2/h3-5,7-8,10-11,19H,6,9,12-17H2,1-2H3/t19-/m1/s1. The van der Waals surface area contributed by atoms with Crippen LogP contribution in [0.5, 0.6) is 17.6 Å². The lowest BCUT2D eigenvalue weighted by Gasteiger charge is -2.31. The van der Waals surface area contributed by atoms with Crippen molar-refractivity contribution < 1.29 is 40.2 Å². The first-order valence-electron chi connectivity index (χ1n) is 14.3. The van der Waals surface area contributed by atoms with Crippen LogP contribution in [0.4, 0.5) is 23.2 Å². The molecule has 0 N–H and O–H groups in total. The minimum atomic E-state index is -4.93. The van der Waals surface area contributed by atoms with E-state index >= 15 is 0 Å². The van der Waals surface area contributed by atoms with Crippen LogP contribution in [0.15, 0.2) is 47.4 Å². The molecule has 3 aromatic carbocycles. The maximum Gasteiger partial charge on any atom is 0.320 e. The van der Waals surface area contributed by atoms with E-state index in [0.717, 1.165) is 43.0 Å². The molecular formula is C31H30F4N4O5S. The molecule has 0 saturated carbocycles. The predicted molar refractivity (Wildman–Crippen MR) is 157 cm³/mol. The topological polar surface area (TPSA) is 94.1 Å². The predicted octanol–water partition coefficient (Wildman–Crippen LogP) is 5.04. The molecule has 0 bridgehead atoms. The Morgan fingerprint density at radius 2 is 1.69 bits per heavy atom. The van der Waals surface area contributed by atoms with Crippen molar-refractivity contribution >= 4 is 26.3 Å². The molecule has 1 fully saturated rings. The summed E-state index contributed by atoms with van der Waals surface area (Å²) in [5.74, 6) is -11.3. The Kier molecular flexibility index (Phi) is 8.44. The zero-order valence-corrected chi connectivity index (χ0v) is 25.3. The van der Waals surface area contributed by atoms with Crippen LogP contribution in [-0.2, 0) is 22.8 Å². The van der Waals surface area contributed by atoms with E-state index in [4.69, 9.17) is 9.47 Å². The summed E-state index contributed by atoms with van der Waals surface area (Å²) in [5, 5.41) is 2.12. The van der Waals surface area contributed by atoms with Crippen LogP contribution in [0.25, 0.3) is 10.8 Å². The third-order valence-electron chi connectivity index (χ3n) is 8.24. The first-order valence-corrected chi connectivity index (χ1v) is 15.9. The van der Waals surface area contributed by atoms with Gasteiger partial charge in [0.15, 0.2) is 28.2 Å². The number of fused-ring (bicyclic) bond motifs is 2. The van der Waals surface area contributed by atoms with Crippen molar-refractivity contribution in [3.8, 4) is 17.6 Å². The summed E-state index contributed by atoms with van der Waals surface area (Å²) >= 11 is 0. The number of halogens is 4. The van der Waals surface area contributed by atoms with Crippen LogP contribution in [0.3, 0.4) is 0 Å². The number of aromatic nitrogens is 2. The van der Waals surface area contributed by atoms with Crippen LogP contribution >= 0.6 is 0 Å². The zero-order chi connectivity index (χ0) is 31.9. The number of benzene rings is 3. The van der Waals surface area contributed by atoms with Gasteiger partial charge in [-0.05, 0) is 44.3 Å². The van der Waals surface area contributed by atoms with Gasteiger partial charge in [-0.15, -0.1) is 0 Å². The molecule has 6 rings (SSSR count). The number of likely N-dealkylation sites (tertiary alicyclic amines) is 1. The fraction of sp³-hybridized carbons (Fsp3) is 0.355. The molecule has 0 unspecified atom stereocenters. The van der Waals surface area contributed by atoms with Gasteiger partial charge in [0.2, 0.25) is 27.4 Å². The molecule has 0 spiro atoms. The van der Waals surface area contributed by atoms with E-state index in [1.807, 2.05) is 49.5 Å². The number of sulfone groups is 1. The molecule has 4 aromatic rings. The summed E-state index contributed by atoms with van der Waals surface area (Å²) < 4.78 is 99.4. The molecule has 45 heavy (non-hydrogen) atoms. The van der Waals surface area contributed by atoms with Gasteiger partial charge < -0.3 is 24.0 Å². The summed E-state index contributed by atoms with van der Waals surface area (Å²) in [6, 6.07) is 14.1. The van der Waals surface area contributed by atoms with Crippen molar-refractivity contribution in [3.05, 3.63) is 77.0 Å². The molecule has 9 nitrogen and oxygen atoms in total. The zero-order valence-electron chi connectivity index (χ0n) is 24.5. The molecule has 2 aliphatic rings. The number of ether oxygens (including phenoxy) is 3. The average Bonchev–Trinajstić information content (AvgIpc) is 3.46. The highest BCUT2D eigenvalue weighted by atomic mass is 32.2. The van der Waals surface area contributed by atoms with Crippen LogP contribution < -0.4 is 19.1 Å². The van der Waals surface area contributed by atoms with Gasteiger partial charge in [0.25, 0.3) is 0 Å². The monoisotopic (exact) mass is 646 g/mol. The van der Waals surface area contributed by atoms with Crippen LogP contribution in [0, 0.1) is 23.3 Å². The molecule has 1 saturated heterocycles. The molecule has 14 heteroatoms. The van der Waals surface area contributed by atoms with Gasteiger partial charge >= 0.3 is 6.01 Å². The normalized spacial score (nSPS) is 17.0. The Hall–Kier alpha value is -4.17. The highest BCUT2D eigenvalue weighted by Gasteiger charge is 2.35. The van der Waals surface area contributed by atoms with Crippen molar-refractivity contribution in [3.63, 3.8) is 0 Å². The molecule has 2 aliphatic heterocycles. The SMILES string of the molecule is COc1c(F)c(F)c(F)c(F)c1S(=O)(=O)COc1nc(OC[C@H]2CCCN2C)nc2c1CCN(c1cccc3ccccc13)C2. The fourth-order valence-corrected chi connectivity index (χ4v) is 7.06. The molecule has 238 valence electrons. The molecule has 0 amide bonds. The fourth-order valence-electron chi connectivity index (χ4n) is 5.85. The van der Waals surface area contributed by atoms with Gasteiger partial charge in [-0.3, -0.25) is 0 Å². The number of hydrogen-bond acceptors (Lipinski definition) is 9. The van der Waals surface area contributed by atoms with E-state index in [0.29, 0.717) is 30.8 Å². The molecule has 3 heterocycles. The highest BCUT2D eigenvalue weighted by molar-refractivity contribution is 7.91. The first-order chi connectivity index (χ1) is 21.6. The van der Waals surface area contributed by atoms with E-state index < -0.39 is 49.7 Å². The number of anilines is 1. The second-order valence-electron chi connectivity index (χ2n) is 11.0. The van der Waals surface area contributed by atoms with Gasteiger partial charge in [-0.25, -0.2) is 21.6 Å². The molecular weight excluding hydrogens is 616 g/mol. The number of nitrogens with zero attached hydrogens (tertiary/aromatic N) is 4. The van der Waals surface area contributed by atoms with E-state index in [1.165, 1.54) is 0 Å². The van der Waals surface area contributed by atoms with Gasteiger partial charge in [0, 0.05) is 29.2 Å². The van der Waals surface area contributed by atoms with E-state index in [9.17, 15) is 26.0 Å². The van der Waals surface area contributed by atoms with Crippen LogP contribution in [0.2, 0.25) is 0 Å². The smallest absolute Gasteiger partial charge is 0.320 e. The summed E-state index contributed by atoms with van der Waals surface area (Å²) in [6.07, 6.45) is 2.31. The van der Waals surface area contributed by atoms with Gasteiger partial charge in [0.05, 0.1) is 19.3 Å². The second kappa shape index (κ2) is 12.3. The number of rotatable bonds is 9. The lowest BCUT2D eigenvalue weighted by atomic mass is 10.0. The number of likely N-dealkylation sites (N-methyl/N-ethyl adjacent to an activating group) is 1. The number of hydrogen-bond donors (Lipinski definition) is 0. The third kappa shape index (κ3) is 5.84. The van der Waals surface area contributed by atoms with Gasteiger partial charge in [-0.2, -0.15) is 14.4 Å². The Bertz CT molecular complexity index is 1870. The maximum absolute atomic E-state index is 14.7. The minimum absolute atomic E-state index is 0.0381. The highest BCUT2D eigenvalue weighted by Crippen LogP contribution is 2.37. The molecule has 0 aliphatic carbocycles. The first kappa shape index (κ1) is 30.8. The average molecular weight is 647 g/mol. The molecule has 1 aromatic heterocycles. The Labute approximate surface area is 257 Å². The van der Waals surface area contributed by atoms with E-state index in [2.05, 4.69) is 24.5 Å². The Morgan fingerprint density at radius 1 is 0.933 bits per heavy atom. The third-order valence-corrected chi connectivity index (χ3v) is 9.65. The second-order valence-corrected chi connectivity index (χ2v) is 12.9. The summed E-state index contributed by atoms with van der Waals surface area (Å²) in [7, 11) is -2.13. The number of methoxy groups -OCH3 is 1. The summed E-state index contributed by atoms with van der Waals surface area (Å²) in [6.45, 7) is 2.05. The molecule has 1 atom stereocenters. The maximum atomic E-state index is 14.7. The van der Waals surface area contributed by atoms with E-state index in [-0.39, 0.29) is 24.5 Å². The van der Waals surface area contributed by atoms with Gasteiger partial charge in [-0.1, -0.05) is 36.4 Å². The molecule has 0 radical (unpaired) electrons. The van der Waals surface area contributed by atoms with Crippen molar-refractivity contribution in [2.75, 3.05) is 44.7 Å². The van der Waals surface area contributed by atoms with Gasteiger partial charge in [0.1, 0.15) is 6.61 Å². The van der Waals surface area contributed by atoms with Crippen molar-refractivity contribution in [2.24, 2.45) is 0 Å². The Morgan fingerprint density at radius 3 is 2.44 bits per heavy atom. The largest absolute Gasteiger partial charge is 0.492 e. The van der Waals surface area contributed by atoms with Crippen LogP contribution in [0.1, 0.15) is 24.1 Å². The lowest BCUT2D eigenvalue weighted by molar-refractivity contribution is 0.185. The van der Waals surface area contributed by atoms with Crippen molar-refractivity contribution in [2.45, 2.75) is 36.7 Å². The summed E-state index contributed by atoms with van der Waals surface area (Å²) in [5.41, 5.74) is 2.03. The van der Waals surface area contributed by atoms with Crippen molar-refractivity contribution in [1.82, 2.24) is 14.9 Å². The summed E-state index contributed by atoms with van der Waals surface area (Å²) in [4.78, 5) is 11.8.